The number of nitrogen functional groups attached to an aromatic ring is 1. The summed E-state index contributed by atoms with van der Waals surface area (Å²) in [5.41, 5.74) is 13.0. The molecule has 0 atom stereocenters. The summed E-state index contributed by atoms with van der Waals surface area (Å²) in [5, 5.41) is 3.98. The summed E-state index contributed by atoms with van der Waals surface area (Å²) in [4.78, 5) is 20.2. The molecule has 27 heavy (non-hydrogen) atoms. The molecule has 0 bridgehead atoms. The van der Waals surface area contributed by atoms with Crippen molar-refractivity contribution in [3.05, 3.63) is 70.5 Å². The summed E-state index contributed by atoms with van der Waals surface area (Å²) in [7, 11) is 0. The third kappa shape index (κ3) is 4.99. The fourth-order valence-corrected chi connectivity index (χ4v) is 2.61. The number of hydrogen-bond donors (Lipinski definition) is 4. The van der Waals surface area contributed by atoms with Gasteiger partial charge in [-0.3, -0.25) is 15.6 Å². The molecule has 0 radical (unpaired) electrons. The molecule has 0 saturated heterocycles. The lowest BCUT2D eigenvalue weighted by molar-refractivity contribution is -0.119. The molecule has 0 aliphatic heterocycles. The molecule has 2 aromatic carbocycles. The van der Waals surface area contributed by atoms with Crippen LogP contribution in [0.15, 0.2) is 54.9 Å². The van der Waals surface area contributed by atoms with Crippen LogP contribution in [0.2, 0.25) is 10.0 Å². The molecule has 138 valence electrons. The topological polar surface area (TPSA) is 105 Å². The van der Waals surface area contributed by atoms with Crippen LogP contribution in [-0.2, 0) is 11.2 Å². The highest BCUT2D eigenvalue weighted by Crippen LogP contribution is 2.31. The Morgan fingerprint density at radius 2 is 1.78 bits per heavy atom. The lowest BCUT2D eigenvalue weighted by Crippen LogP contribution is -2.31. The number of benzene rings is 2. The van der Waals surface area contributed by atoms with Crippen molar-refractivity contribution in [1.29, 1.82) is 0 Å². The predicted molar refractivity (Wildman–Crippen MR) is 108 cm³/mol. The van der Waals surface area contributed by atoms with Gasteiger partial charge in [-0.05, 0) is 23.8 Å². The van der Waals surface area contributed by atoms with Crippen LogP contribution in [0.1, 0.15) is 5.56 Å². The van der Waals surface area contributed by atoms with Gasteiger partial charge in [-0.1, -0.05) is 53.5 Å². The van der Waals surface area contributed by atoms with Gasteiger partial charge in [-0.15, -0.1) is 0 Å². The standard InChI is InChI=1S/C18H16Cl2N6O/c19-12-6-7-13(20)14(9-12)24-17-16(21)18(23-10-22-17)26-25-15(27)8-11-4-2-1-3-5-11/h1-7,9-10H,8,21H2,(H,25,27)(H2,22,23,24,26). The summed E-state index contributed by atoms with van der Waals surface area (Å²) >= 11 is 12.1. The van der Waals surface area contributed by atoms with Crippen molar-refractivity contribution in [1.82, 2.24) is 15.4 Å². The minimum atomic E-state index is -0.230. The van der Waals surface area contributed by atoms with Crippen molar-refractivity contribution in [3.8, 4) is 0 Å². The zero-order valence-electron chi connectivity index (χ0n) is 14.0. The number of hydrazine groups is 1. The van der Waals surface area contributed by atoms with E-state index in [-0.39, 0.29) is 23.8 Å². The van der Waals surface area contributed by atoms with Gasteiger partial charge in [0.2, 0.25) is 5.91 Å². The molecule has 0 aliphatic rings. The van der Waals surface area contributed by atoms with Gasteiger partial charge in [0.25, 0.3) is 0 Å². The van der Waals surface area contributed by atoms with E-state index < -0.39 is 0 Å². The number of hydrogen-bond acceptors (Lipinski definition) is 6. The van der Waals surface area contributed by atoms with Gasteiger partial charge in [0, 0.05) is 5.02 Å². The van der Waals surface area contributed by atoms with Gasteiger partial charge in [0.05, 0.1) is 17.1 Å². The zero-order chi connectivity index (χ0) is 19.2. The fourth-order valence-electron chi connectivity index (χ4n) is 2.27. The lowest BCUT2D eigenvalue weighted by atomic mass is 10.1. The molecule has 3 rings (SSSR count). The molecule has 9 heteroatoms. The maximum Gasteiger partial charge on any atom is 0.242 e. The number of carbonyl (C=O) groups excluding carboxylic acids is 1. The van der Waals surface area contributed by atoms with E-state index in [0.717, 1.165) is 5.56 Å². The van der Waals surface area contributed by atoms with Crippen molar-refractivity contribution in [2.45, 2.75) is 6.42 Å². The van der Waals surface area contributed by atoms with Crippen LogP contribution in [0.4, 0.5) is 23.0 Å². The highest BCUT2D eigenvalue weighted by molar-refractivity contribution is 6.35. The Balaban J connectivity index is 1.67. The first-order valence-electron chi connectivity index (χ1n) is 7.94. The van der Waals surface area contributed by atoms with Gasteiger partial charge in [-0.25, -0.2) is 9.97 Å². The second-order valence-electron chi connectivity index (χ2n) is 5.57. The van der Waals surface area contributed by atoms with Gasteiger partial charge < -0.3 is 11.1 Å². The number of aromatic nitrogens is 2. The Morgan fingerprint density at radius 3 is 2.56 bits per heavy atom. The number of amides is 1. The Morgan fingerprint density at radius 1 is 1.04 bits per heavy atom. The van der Waals surface area contributed by atoms with E-state index in [1.165, 1.54) is 6.33 Å². The summed E-state index contributed by atoms with van der Waals surface area (Å²) in [5.74, 6) is 0.354. The van der Waals surface area contributed by atoms with E-state index in [1.54, 1.807) is 18.2 Å². The van der Waals surface area contributed by atoms with Crippen LogP contribution >= 0.6 is 23.2 Å². The average molecular weight is 403 g/mol. The molecule has 1 amide bonds. The molecule has 0 unspecified atom stereocenters. The minimum absolute atomic E-state index is 0.216. The van der Waals surface area contributed by atoms with Crippen LogP contribution in [0.3, 0.4) is 0 Å². The van der Waals surface area contributed by atoms with Crippen LogP contribution in [-0.4, -0.2) is 15.9 Å². The normalized spacial score (nSPS) is 10.3. The summed E-state index contributed by atoms with van der Waals surface area (Å²) in [6.45, 7) is 0. The molecular formula is C18H16Cl2N6O. The number of nitrogens with two attached hydrogens (primary N) is 1. The Labute approximate surface area is 165 Å². The predicted octanol–water partition coefficient (Wildman–Crippen LogP) is 3.80. The van der Waals surface area contributed by atoms with E-state index in [2.05, 4.69) is 26.1 Å². The number of rotatable bonds is 6. The minimum Gasteiger partial charge on any atom is -0.393 e. The summed E-state index contributed by atoms with van der Waals surface area (Å²) < 4.78 is 0. The number of halogens is 2. The molecule has 1 aromatic heterocycles. The van der Waals surface area contributed by atoms with E-state index in [4.69, 9.17) is 28.9 Å². The van der Waals surface area contributed by atoms with E-state index in [9.17, 15) is 4.79 Å². The molecule has 3 aromatic rings. The van der Waals surface area contributed by atoms with Crippen molar-refractivity contribution < 1.29 is 4.79 Å². The quantitative estimate of drug-likeness (QED) is 0.467. The van der Waals surface area contributed by atoms with Gasteiger partial charge >= 0.3 is 0 Å². The molecule has 0 aliphatic carbocycles. The molecule has 0 spiro atoms. The third-order valence-corrected chi connectivity index (χ3v) is 4.16. The average Bonchev–Trinajstić information content (AvgIpc) is 2.66. The number of nitrogens with one attached hydrogen (secondary N) is 3. The maximum atomic E-state index is 12.0. The highest BCUT2D eigenvalue weighted by atomic mass is 35.5. The fraction of sp³-hybridized carbons (Fsp3) is 0.0556. The highest BCUT2D eigenvalue weighted by Gasteiger charge is 2.11. The number of nitrogens with zero attached hydrogens (tertiary/aromatic N) is 2. The Hall–Kier alpha value is -3.03. The number of anilines is 4. The lowest BCUT2D eigenvalue weighted by Gasteiger charge is -2.14. The van der Waals surface area contributed by atoms with Crippen molar-refractivity contribution in [3.63, 3.8) is 0 Å². The molecule has 1 heterocycles. The summed E-state index contributed by atoms with van der Waals surface area (Å²) in [6.07, 6.45) is 1.53. The SMILES string of the molecule is Nc1c(NNC(=O)Cc2ccccc2)ncnc1Nc1cc(Cl)ccc1Cl. The van der Waals surface area contributed by atoms with Gasteiger partial charge in [-0.2, -0.15) is 0 Å². The number of carbonyl (C=O) groups is 1. The summed E-state index contributed by atoms with van der Waals surface area (Å²) in [6, 6.07) is 14.4. The second kappa shape index (κ2) is 8.57. The van der Waals surface area contributed by atoms with Gasteiger partial charge in [0.15, 0.2) is 11.6 Å². The van der Waals surface area contributed by atoms with Crippen LogP contribution < -0.4 is 21.9 Å². The van der Waals surface area contributed by atoms with Crippen molar-refractivity contribution >= 4 is 52.1 Å². The maximum absolute atomic E-state index is 12.0. The largest absolute Gasteiger partial charge is 0.393 e. The van der Waals surface area contributed by atoms with Crippen molar-refractivity contribution in [2.24, 2.45) is 0 Å². The first kappa shape index (κ1) is 18.8. The third-order valence-electron chi connectivity index (χ3n) is 3.59. The smallest absolute Gasteiger partial charge is 0.242 e. The van der Waals surface area contributed by atoms with Crippen molar-refractivity contribution in [2.75, 3.05) is 16.5 Å². The Kier molecular flexibility index (Phi) is 5.95. The van der Waals surface area contributed by atoms with Crippen LogP contribution in [0.5, 0.6) is 0 Å². The molecule has 0 fully saturated rings. The molecule has 5 N–H and O–H groups in total. The van der Waals surface area contributed by atoms with Gasteiger partial charge in [0.1, 0.15) is 12.0 Å². The van der Waals surface area contributed by atoms with Crippen LogP contribution in [0, 0.1) is 0 Å². The first-order chi connectivity index (χ1) is 13.0. The zero-order valence-corrected chi connectivity index (χ0v) is 15.6. The second-order valence-corrected chi connectivity index (χ2v) is 6.41. The first-order valence-corrected chi connectivity index (χ1v) is 8.70. The van der Waals surface area contributed by atoms with E-state index in [0.29, 0.717) is 21.6 Å². The molecule has 0 saturated carbocycles. The van der Waals surface area contributed by atoms with Crippen LogP contribution in [0.25, 0.3) is 0 Å². The Bertz CT molecular complexity index is 952. The monoisotopic (exact) mass is 402 g/mol. The van der Waals surface area contributed by atoms with E-state index in [1.807, 2.05) is 30.3 Å². The molecule has 7 nitrogen and oxygen atoms in total. The van der Waals surface area contributed by atoms with E-state index >= 15 is 0 Å². The molecular weight excluding hydrogens is 387 g/mol.